The summed E-state index contributed by atoms with van der Waals surface area (Å²) in [6.45, 7) is 3.45. The Morgan fingerprint density at radius 1 is 1.03 bits per heavy atom. The Hall–Kier alpha value is -3.40. The van der Waals surface area contributed by atoms with Gasteiger partial charge in [-0.3, -0.25) is 0 Å². The van der Waals surface area contributed by atoms with Crippen molar-refractivity contribution in [2.45, 2.75) is 25.6 Å². The smallest absolute Gasteiger partial charge is 0.417 e. The zero-order chi connectivity index (χ0) is 23.1. The van der Waals surface area contributed by atoms with Crippen LogP contribution in [0, 0.1) is 0 Å². The minimum absolute atomic E-state index is 0.0674. The van der Waals surface area contributed by atoms with Crippen LogP contribution in [0.5, 0.6) is 5.75 Å². The molecule has 7 nitrogen and oxygen atoms in total. The van der Waals surface area contributed by atoms with E-state index in [4.69, 9.17) is 20.9 Å². The van der Waals surface area contributed by atoms with Gasteiger partial charge in [-0.05, 0) is 38.1 Å². The Morgan fingerprint density at radius 3 is 2.47 bits per heavy atom. The molecular weight excluding hydrogens is 447 g/mol. The zero-order valence-corrected chi connectivity index (χ0v) is 17.9. The molecule has 0 saturated carbocycles. The standard InChI is InChI=1S/C21H17ClF3N5O2/c1-20(2,31-16-9-8-12(22)10-14(16)18-26-11-27-32-18)19-29-28-17(30(19)3)13-6-4-5-7-15(13)21(23,24)25/h4-11H,1-3H3. The van der Waals surface area contributed by atoms with E-state index in [1.165, 1.54) is 29.1 Å². The third kappa shape index (κ3) is 4.05. The minimum Gasteiger partial charge on any atom is -0.479 e. The van der Waals surface area contributed by atoms with Gasteiger partial charge in [-0.15, -0.1) is 10.2 Å². The van der Waals surface area contributed by atoms with Gasteiger partial charge in [0.25, 0.3) is 5.89 Å². The molecule has 0 aliphatic rings. The SMILES string of the molecule is Cn1c(-c2ccccc2C(F)(F)F)nnc1C(C)(C)Oc1ccc(Cl)cc1-c1ncno1. The van der Waals surface area contributed by atoms with Gasteiger partial charge in [0.2, 0.25) is 0 Å². The summed E-state index contributed by atoms with van der Waals surface area (Å²) in [4.78, 5) is 4.03. The zero-order valence-electron chi connectivity index (χ0n) is 17.2. The molecule has 0 atom stereocenters. The Morgan fingerprint density at radius 2 is 1.78 bits per heavy atom. The lowest BCUT2D eigenvalue weighted by atomic mass is 10.1. The third-order valence-electron chi connectivity index (χ3n) is 4.79. The molecule has 0 spiro atoms. The summed E-state index contributed by atoms with van der Waals surface area (Å²) >= 11 is 6.11. The quantitative estimate of drug-likeness (QED) is 0.388. The van der Waals surface area contributed by atoms with Crippen molar-refractivity contribution < 1.29 is 22.4 Å². The summed E-state index contributed by atoms with van der Waals surface area (Å²) in [5, 5.41) is 12.2. The van der Waals surface area contributed by atoms with Gasteiger partial charge in [-0.1, -0.05) is 35.0 Å². The maximum absolute atomic E-state index is 13.5. The molecule has 32 heavy (non-hydrogen) atoms. The van der Waals surface area contributed by atoms with Crippen molar-refractivity contribution in [1.29, 1.82) is 0 Å². The van der Waals surface area contributed by atoms with Crippen LogP contribution in [0.4, 0.5) is 13.2 Å². The van der Waals surface area contributed by atoms with Crippen molar-refractivity contribution in [2.24, 2.45) is 7.05 Å². The minimum atomic E-state index is -4.53. The predicted octanol–water partition coefficient (Wildman–Crippen LogP) is 5.52. The lowest BCUT2D eigenvalue weighted by Crippen LogP contribution is -2.29. The van der Waals surface area contributed by atoms with Crippen LogP contribution in [0.25, 0.3) is 22.8 Å². The maximum atomic E-state index is 13.5. The van der Waals surface area contributed by atoms with Gasteiger partial charge in [-0.25, -0.2) is 0 Å². The van der Waals surface area contributed by atoms with Crippen LogP contribution >= 0.6 is 11.6 Å². The summed E-state index contributed by atoms with van der Waals surface area (Å²) in [7, 11) is 1.59. The van der Waals surface area contributed by atoms with E-state index in [-0.39, 0.29) is 17.3 Å². The molecule has 4 rings (SSSR count). The van der Waals surface area contributed by atoms with Gasteiger partial charge in [0, 0.05) is 17.6 Å². The van der Waals surface area contributed by atoms with Crippen molar-refractivity contribution >= 4 is 11.6 Å². The second-order valence-corrected chi connectivity index (χ2v) is 7.89. The number of rotatable bonds is 5. The number of halogens is 4. The fraction of sp³-hybridized carbons (Fsp3) is 0.238. The van der Waals surface area contributed by atoms with Crippen LogP contribution in [-0.2, 0) is 18.8 Å². The van der Waals surface area contributed by atoms with E-state index in [0.717, 1.165) is 6.07 Å². The lowest BCUT2D eigenvalue weighted by molar-refractivity contribution is -0.137. The van der Waals surface area contributed by atoms with E-state index in [2.05, 4.69) is 20.3 Å². The molecule has 0 aliphatic carbocycles. The second-order valence-electron chi connectivity index (χ2n) is 7.45. The van der Waals surface area contributed by atoms with E-state index in [0.29, 0.717) is 22.2 Å². The molecule has 0 radical (unpaired) electrons. The van der Waals surface area contributed by atoms with E-state index >= 15 is 0 Å². The van der Waals surface area contributed by atoms with Crippen LogP contribution in [0.2, 0.25) is 5.02 Å². The third-order valence-corrected chi connectivity index (χ3v) is 5.02. The topological polar surface area (TPSA) is 78.9 Å². The highest BCUT2D eigenvalue weighted by Gasteiger charge is 2.36. The molecule has 11 heteroatoms. The summed E-state index contributed by atoms with van der Waals surface area (Å²) in [5.41, 5.74) is -1.49. The predicted molar refractivity (Wildman–Crippen MR) is 110 cm³/mol. The fourth-order valence-corrected chi connectivity index (χ4v) is 3.56. The van der Waals surface area contributed by atoms with Crippen LogP contribution in [0.3, 0.4) is 0 Å². The highest BCUT2D eigenvalue weighted by molar-refractivity contribution is 6.30. The lowest BCUT2D eigenvalue weighted by Gasteiger charge is -2.26. The van der Waals surface area contributed by atoms with Gasteiger partial charge in [-0.2, -0.15) is 18.2 Å². The van der Waals surface area contributed by atoms with Crippen LogP contribution < -0.4 is 4.74 Å². The number of hydrogen-bond donors (Lipinski definition) is 0. The van der Waals surface area contributed by atoms with Crippen molar-refractivity contribution in [3.8, 4) is 28.6 Å². The Balaban J connectivity index is 1.74. The Labute approximate surface area is 185 Å². The van der Waals surface area contributed by atoms with Crippen LogP contribution in [-0.4, -0.2) is 24.9 Å². The molecule has 4 aromatic rings. The largest absolute Gasteiger partial charge is 0.479 e. The fourth-order valence-electron chi connectivity index (χ4n) is 3.38. The van der Waals surface area contributed by atoms with Gasteiger partial charge < -0.3 is 13.8 Å². The number of alkyl halides is 3. The Kier molecular flexibility index (Phi) is 5.41. The van der Waals surface area contributed by atoms with Crippen LogP contribution in [0.15, 0.2) is 53.3 Å². The number of nitrogens with zero attached hydrogens (tertiary/aromatic N) is 5. The Bertz CT molecular complexity index is 1250. The molecule has 166 valence electrons. The first-order chi connectivity index (χ1) is 15.1. The highest BCUT2D eigenvalue weighted by Crippen LogP contribution is 2.39. The summed E-state index contributed by atoms with van der Waals surface area (Å²) in [6, 6.07) is 10.1. The summed E-state index contributed by atoms with van der Waals surface area (Å²) < 4.78 is 53.3. The molecule has 2 aromatic carbocycles. The van der Waals surface area contributed by atoms with E-state index < -0.39 is 17.3 Å². The molecule has 0 unspecified atom stereocenters. The summed E-state index contributed by atoms with van der Waals surface area (Å²) in [5.74, 6) is 0.966. The van der Waals surface area contributed by atoms with Gasteiger partial charge >= 0.3 is 6.18 Å². The first-order valence-corrected chi connectivity index (χ1v) is 9.78. The van der Waals surface area contributed by atoms with E-state index in [9.17, 15) is 13.2 Å². The normalized spacial score (nSPS) is 12.2. The first-order valence-electron chi connectivity index (χ1n) is 9.40. The highest BCUT2D eigenvalue weighted by atomic mass is 35.5. The molecule has 0 bridgehead atoms. The summed E-state index contributed by atoms with van der Waals surface area (Å²) in [6.07, 6.45) is -3.28. The van der Waals surface area contributed by atoms with Crippen molar-refractivity contribution in [3.63, 3.8) is 0 Å². The number of hydrogen-bond acceptors (Lipinski definition) is 6. The maximum Gasteiger partial charge on any atom is 0.417 e. The van der Waals surface area contributed by atoms with Crippen LogP contribution in [0.1, 0.15) is 25.2 Å². The monoisotopic (exact) mass is 463 g/mol. The van der Waals surface area contributed by atoms with Crippen molar-refractivity contribution in [1.82, 2.24) is 24.9 Å². The molecule has 0 amide bonds. The number of benzene rings is 2. The number of aromatic nitrogens is 5. The van der Waals surface area contributed by atoms with Gasteiger partial charge in [0.15, 0.2) is 23.6 Å². The first kappa shape index (κ1) is 21.8. The average molecular weight is 464 g/mol. The molecule has 2 aromatic heterocycles. The average Bonchev–Trinajstić information content (AvgIpc) is 3.39. The second kappa shape index (κ2) is 7.94. The van der Waals surface area contributed by atoms with E-state index in [1.54, 1.807) is 39.1 Å². The number of ether oxygens (including phenoxy) is 1. The molecule has 0 N–H and O–H groups in total. The molecule has 0 saturated heterocycles. The van der Waals surface area contributed by atoms with E-state index in [1.807, 2.05) is 0 Å². The molecular formula is C21H17ClF3N5O2. The van der Waals surface area contributed by atoms with Gasteiger partial charge in [0.1, 0.15) is 5.75 Å². The molecule has 0 fully saturated rings. The van der Waals surface area contributed by atoms with Crippen molar-refractivity contribution in [2.75, 3.05) is 0 Å². The molecule has 0 aliphatic heterocycles. The molecule has 2 heterocycles. The van der Waals surface area contributed by atoms with Gasteiger partial charge in [0.05, 0.1) is 11.1 Å². The van der Waals surface area contributed by atoms with Crippen molar-refractivity contribution in [3.05, 3.63) is 65.2 Å².